The minimum atomic E-state index is -0.977. The third-order valence-electron chi connectivity index (χ3n) is 3.17. The van der Waals surface area contributed by atoms with Crippen LogP contribution >= 0.6 is 0 Å². The average Bonchev–Trinajstić information content (AvgIpc) is 2.53. The molecule has 0 bridgehead atoms. The number of benzene rings is 2. The quantitative estimate of drug-likeness (QED) is 0.854. The Hall–Kier alpha value is -2.89. The highest BCUT2D eigenvalue weighted by molar-refractivity contribution is 5.71. The molecule has 1 amide bonds. The largest absolute Gasteiger partial charge is 0.481 e. The molecular formula is C17H16FNO4. The molecule has 2 aromatic carbocycles. The molecule has 2 N–H and O–H groups in total. The highest BCUT2D eigenvalue weighted by Crippen LogP contribution is 2.20. The molecule has 5 nitrogen and oxygen atoms in total. The summed E-state index contributed by atoms with van der Waals surface area (Å²) in [4.78, 5) is 22.7. The van der Waals surface area contributed by atoms with Crippen LogP contribution in [0.15, 0.2) is 54.6 Å². The van der Waals surface area contributed by atoms with Crippen molar-refractivity contribution >= 4 is 12.1 Å². The van der Waals surface area contributed by atoms with Gasteiger partial charge in [-0.2, -0.15) is 0 Å². The van der Waals surface area contributed by atoms with Crippen molar-refractivity contribution in [1.82, 2.24) is 5.32 Å². The van der Waals surface area contributed by atoms with E-state index in [-0.39, 0.29) is 12.8 Å². The number of para-hydroxylation sites is 1. The van der Waals surface area contributed by atoms with Crippen molar-refractivity contribution in [3.05, 3.63) is 66.0 Å². The van der Waals surface area contributed by atoms with Crippen LogP contribution in [0.25, 0.3) is 0 Å². The van der Waals surface area contributed by atoms with Crippen LogP contribution in [0.1, 0.15) is 24.4 Å². The average molecular weight is 317 g/mol. The molecule has 0 fully saturated rings. The predicted molar refractivity (Wildman–Crippen MR) is 81.6 cm³/mol. The zero-order valence-electron chi connectivity index (χ0n) is 12.2. The highest BCUT2D eigenvalue weighted by atomic mass is 19.1. The number of rotatable bonds is 6. The lowest BCUT2D eigenvalue weighted by atomic mass is 10.0. The summed E-state index contributed by atoms with van der Waals surface area (Å²) in [6.45, 7) is 0. The van der Waals surface area contributed by atoms with Crippen LogP contribution in [0, 0.1) is 5.82 Å². The first-order valence-corrected chi connectivity index (χ1v) is 7.05. The standard InChI is InChI=1S/C17H16FNO4/c18-13-8-6-12(7-9-13)15(10-11-16(20)21)19-17(22)23-14-4-2-1-3-5-14/h1-9,15H,10-11H2,(H,19,22)(H,20,21). The summed E-state index contributed by atoms with van der Waals surface area (Å²) in [5, 5.41) is 11.4. The van der Waals surface area contributed by atoms with E-state index in [0.29, 0.717) is 11.3 Å². The van der Waals surface area contributed by atoms with Crippen molar-refractivity contribution in [2.24, 2.45) is 0 Å². The first kappa shape index (κ1) is 16.5. The molecule has 2 rings (SSSR count). The van der Waals surface area contributed by atoms with Crippen LogP contribution in [-0.2, 0) is 4.79 Å². The number of hydrogen-bond donors (Lipinski definition) is 2. The van der Waals surface area contributed by atoms with Gasteiger partial charge in [0.1, 0.15) is 11.6 Å². The summed E-state index contributed by atoms with van der Waals surface area (Å²) < 4.78 is 18.1. The van der Waals surface area contributed by atoms with Crippen LogP contribution in [0.3, 0.4) is 0 Å². The molecule has 23 heavy (non-hydrogen) atoms. The van der Waals surface area contributed by atoms with Crippen molar-refractivity contribution in [2.45, 2.75) is 18.9 Å². The molecule has 0 radical (unpaired) electrons. The van der Waals surface area contributed by atoms with E-state index in [9.17, 15) is 14.0 Å². The van der Waals surface area contributed by atoms with Crippen LogP contribution in [0.2, 0.25) is 0 Å². The normalized spacial score (nSPS) is 11.5. The van der Waals surface area contributed by atoms with Gasteiger partial charge in [0.05, 0.1) is 6.04 Å². The molecular weight excluding hydrogens is 301 g/mol. The van der Waals surface area contributed by atoms with Crippen molar-refractivity contribution < 1.29 is 23.8 Å². The summed E-state index contributed by atoms with van der Waals surface area (Å²) in [7, 11) is 0. The van der Waals surface area contributed by atoms with Gasteiger partial charge in [0, 0.05) is 6.42 Å². The molecule has 0 saturated carbocycles. The fourth-order valence-electron chi connectivity index (χ4n) is 2.05. The van der Waals surface area contributed by atoms with E-state index in [0.717, 1.165) is 0 Å². The minimum Gasteiger partial charge on any atom is -0.481 e. The zero-order valence-corrected chi connectivity index (χ0v) is 12.2. The Bertz CT molecular complexity index is 658. The van der Waals surface area contributed by atoms with Gasteiger partial charge in [-0.3, -0.25) is 4.79 Å². The monoisotopic (exact) mass is 317 g/mol. The minimum absolute atomic E-state index is 0.131. The fourth-order valence-corrected chi connectivity index (χ4v) is 2.05. The maximum atomic E-state index is 13.0. The lowest BCUT2D eigenvalue weighted by molar-refractivity contribution is -0.137. The molecule has 0 saturated heterocycles. The first-order chi connectivity index (χ1) is 11.0. The predicted octanol–water partition coefficient (Wildman–Crippen LogP) is 3.52. The number of halogens is 1. The Labute approximate surface area is 132 Å². The van der Waals surface area contributed by atoms with E-state index in [1.54, 1.807) is 30.3 Å². The van der Waals surface area contributed by atoms with Crippen molar-refractivity contribution in [3.63, 3.8) is 0 Å². The van der Waals surface area contributed by atoms with Gasteiger partial charge in [0.25, 0.3) is 0 Å². The summed E-state index contributed by atoms with van der Waals surface area (Å²) in [6.07, 6.45) is -0.658. The Morgan fingerprint density at radius 1 is 1.09 bits per heavy atom. The van der Waals surface area contributed by atoms with Crippen LogP contribution in [0.4, 0.5) is 9.18 Å². The van der Waals surface area contributed by atoms with Gasteiger partial charge in [-0.05, 0) is 36.2 Å². The Kier molecular flexibility index (Phi) is 5.68. The maximum Gasteiger partial charge on any atom is 0.413 e. The molecule has 1 unspecified atom stereocenters. The number of hydrogen-bond acceptors (Lipinski definition) is 3. The van der Waals surface area contributed by atoms with E-state index >= 15 is 0 Å². The number of carbonyl (C=O) groups excluding carboxylic acids is 1. The number of carboxylic acid groups (broad SMARTS) is 1. The van der Waals surface area contributed by atoms with Gasteiger partial charge >= 0.3 is 12.1 Å². The summed E-state index contributed by atoms with van der Waals surface area (Å²) >= 11 is 0. The number of amides is 1. The Morgan fingerprint density at radius 3 is 2.35 bits per heavy atom. The molecule has 1 atom stereocenters. The summed E-state index contributed by atoms with van der Waals surface area (Å²) in [5.41, 5.74) is 0.609. The smallest absolute Gasteiger partial charge is 0.413 e. The van der Waals surface area contributed by atoms with Gasteiger partial charge in [0.15, 0.2) is 0 Å². The number of aliphatic carboxylic acids is 1. The third kappa shape index (κ3) is 5.43. The van der Waals surface area contributed by atoms with Gasteiger partial charge in [-0.25, -0.2) is 9.18 Å². The summed E-state index contributed by atoms with van der Waals surface area (Å²) in [6, 6.07) is 13.4. The second-order valence-electron chi connectivity index (χ2n) is 4.88. The Balaban J connectivity index is 2.05. The van der Waals surface area contributed by atoms with Crippen molar-refractivity contribution in [1.29, 1.82) is 0 Å². The number of ether oxygens (including phenoxy) is 1. The van der Waals surface area contributed by atoms with E-state index in [1.807, 2.05) is 0 Å². The van der Waals surface area contributed by atoms with E-state index in [4.69, 9.17) is 9.84 Å². The lowest BCUT2D eigenvalue weighted by Crippen LogP contribution is -2.31. The second-order valence-corrected chi connectivity index (χ2v) is 4.88. The molecule has 0 heterocycles. The molecule has 0 aliphatic heterocycles. The van der Waals surface area contributed by atoms with E-state index in [1.165, 1.54) is 24.3 Å². The van der Waals surface area contributed by atoms with E-state index < -0.39 is 23.9 Å². The van der Waals surface area contributed by atoms with Crippen molar-refractivity contribution in [2.75, 3.05) is 0 Å². The molecule has 6 heteroatoms. The molecule has 120 valence electrons. The SMILES string of the molecule is O=C(O)CCC(NC(=O)Oc1ccccc1)c1ccc(F)cc1. The third-order valence-corrected chi connectivity index (χ3v) is 3.17. The van der Waals surface area contributed by atoms with Gasteiger partial charge in [0.2, 0.25) is 0 Å². The van der Waals surface area contributed by atoms with Crippen LogP contribution in [0.5, 0.6) is 5.75 Å². The number of nitrogens with one attached hydrogen (secondary N) is 1. The molecule has 2 aromatic rings. The van der Waals surface area contributed by atoms with E-state index in [2.05, 4.69) is 5.32 Å². The number of carbonyl (C=O) groups is 2. The first-order valence-electron chi connectivity index (χ1n) is 7.05. The topological polar surface area (TPSA) is 75.6 Å². The molecule has 0 aliphatic carbocycles. The van der Waals surface area contributed by atoms with Gasteiger partial charge in [-0.1, -0.05) is 30.3 Å². The molecule has 0 aliphatic rings. The maximum absolute atomic E-state index is 13.0. The Morgan fingerprint density at radius 2 is 1.74 bits per heavy atom. The highest BCUT2D eigenvalue weighted by Gasteiger charge is 2.17. The molecule has 0 aromatic heterocycles. The van der Waals surface area contributed by atoms with Gasteiger partial charge < -0.3 is 15.2 Å². The zero-order chi connectivity index (χ0) is 16.7. The molecule has 0 spiro atoms. The summed E-state index contributed by atoms with van der Waals surface area (Å²) in [5.74, 6) is -1.01. The lowest BCUT2D eigenvalue weighted by Gasteiger charge is -2.18. The van der Waals surface area contributed by atoms with Crippen molar-refractivity contribution in [3.8, 4) is 5.75 Å². The second kappa shape index (κ2) is 7.93. The fraction of sp³-hybridized carbons (Fsp3) is 0.176. The van der Waals surface area contributed by atoms with Crippen LogP contribution in [-0.4, -0.2) is 17.2 Å². The van der Waals surface area contributed by atoms with Crippen LogP contribution < -0.4 is 10.1 Å². The van der Waals surface area contributed by atoms with Gasteiger partial charge in [-0.15, -0.1) is 0 Å². The number of carboxylic acids is 1.